The van der Waals surface area contributed by atoms with Crippen molar-refractivity contribution >= 4 is 57.6 Å². The number of carboxylic acid groups (broad SMARTS) is 1. The summed E-state index contributed by atoms with van der Waals surface area (Å²) in [4.78, 5) is 37.6. The number of halogens is 5. The molecular weight excluding hydrogens is 579 g/mol. The zero-order valence-electron chi connectivity index (χ0n) is 20.3. The minimum absolute atomic E-state index is 0.149. The Morgan fingerprint density at radius 2 is 1.62 bits per heavy atom. The van der Waals surface area contributed by atoms with Gasteiger partial charge in [-0.25, -0.2) is 13.6 Å². The van der Waals surface area contributed by atoms with Crippen molar-refractivity contribution in [1.29, 1.82) is 0 Å². The van der Waals surface area contributed by atoms with E-state index in [1.807, 2.05) is 6.92 Å². The van der Waals surface area contributed by atoms with Crippen molar-refractivity contribution in [2.24, 2.45) is 0 Å². The van der Waals surface area contributed by atoms with Crippen molar-refractivity contribution in [2.45, 2.75) is 32.6 Å². The lowest BCUT2D eigenvalue weighted by atomic mass is 9.89. The van der Waals surface area contributed by atoms with Crippen LogP contribution in [-0.2, 0) is 0 Å². The largest absolute Gasteiger partial charge is 0.505 e. The Morgan fingerprint density at radius 3 is 2.28 bits per heavy atom. The highest BCUT2D eigenvalue weighted by Crippen LogP contribution is 2.49. The summed E-state index contributed by atoms with van der Waals surface area (Å²) in [5.74, 6) is -5.70. The molecule has 0 saturated heterocycles. The van der Waals surface area contributed by atoms with E-state index in [2.05, 4.69) is 5.32 Å². The Bertz CT molecular complexity index is 1670. The molecule has 2 aromatic carbocycles. The molecule has 0 radical (unpaired) electrons. The first kappa shape index (κ1) is 28.6. The monoisotopic (exact) mass is 597 g/mol. The quantitative estimate of drug-likeness (QED) is 0.110. The molecule has 0 fully saturated rings. The van der Waals surface area contributed by atoms with Gasteiger partial charge in [-0.3, -0.25) is 9.59 Å². The molecule has 0 aromatic heterocycles. The first-order chi connectivity index (χ1) is 18.5. The number of aromatic carboxylic acids is 1. The smallest absolute Gasteiger partial charge is 0.337 e. The fraction of sp³-hybridized carbons (Fsp3) is 0.222. The number of amides is 1. The lowest BCUT2D eigenvalue weighted by molar-refractivity contribution is 0.0697. The Morgan fingerprint density at radius 1 is 0.923 bits per heavy atom. The molecule has 0 bridgehead atoms. The lowest BCUT2D eigenvalue weighted by Crippen LogP contribution is -2.25. The standard InChI is InChI=1S/C27H20Cl3F2NO6/c1-2-3-4-5-6-33-26(36)22-23(28)20(21(27(37)38)24(29)25(22)30)19-11-7-13(31)15(34)9-17(11)39-18-10-16(35)14(32)8-12(18)19/h7-10,34H,2-6H2,1H3,(H,33,36)(H,37,38). The maximum absolute atomic E-state index is 14.5. The fourth-order valence-electron chi connectivity index (χ4n) is 4.31. The van der Waals surface area contributed by atoms with Gasteiger partial charge in [0.05, 0.1) is 26.2 Å². The third-order valence-electron chi connectivity index (χ3n) is 6.17. The van der Waals surface area contributed by atoms with Gasteiger partial charge in [0, 0.05) is 40.8 Å². The number of nitrogens with one attached hydrogen (secondary N) is 1. The number of fused-ring (bicyclic) bond motifs is 2. The fourth-order valence-corrected chi connectivity index (χ4v) is 5.27. The normalized spacial score (nSPS) is 11.3. The average molecular weight is 599 g/mol. The van der Waals surface area contributed by atoms with Gasteiger partial charge < -0.3 is 19.9 Å². The van der Waals surface area contributed by atoms with E-state index in [0.717, 1.165) is 43.5 Å². The second-order valence-electron chi connectivity index (χ2n) is 8.74. The molecule has 0 unspecified atom stereocenters. The van der Waals surface area contributed by atoms with E-state index in [9.17, 15) is 33.4 Å². The summed E-state index contributed by atoms with van der Waals surface area (Å²) in [7, 11) is 0. The van der Waals surface area contributed by atoms with Gasteiger partial charge in [-0.05, 0) is 18.6 Å². The van der Waals surface area contributed by atoms with Crippen LogP contribution in [0.3, 0.4) is 0 Å². The summed E-state index contributed by atoms with van der Waals surface area (Å²) in [6, 6.07) is 3.31. The summed E-state index contributed by atoms with van der Waals surface area (Å²) >= 11 is 19.4. The van der Waals surface area contributed by atoms with Crippen LogP contribution in [0, 0.1) is 11.6 Å². The second-order valence-corrected chi connectivity index (χ2v) is 9.88. The van der Waals surface area contributed by atoms with Crippen LogP contribution >= 0.6 is 34.8 Å². The van der Waals surface area contributed by atoms with Crippen LogP contribution in [0.2, 0.25) is 15.1 Å². The number of carbonyl (C=O) groups is 2. The van der Waals surface area contributed by atoms with Crippen molar-refractivity contribution in [3.8, 4) is 28.2 Å². The van der Waals surface area contributed by atoms with Crippen LogP contribution in [0.15, 0.2) is 33.5 Å². The minimum atomic E-state index is -1.60. The number of rotatable bonds is 8. The van der Waals surface area contributed by atoms with Gasteiger partial charge in [-0.1, -0.05) is 61.0 Å². The first-order valence-corrected chi connectivity index (χ1v) is 12.9. The van der Waals surface area contributed by atoms with Crippen molar-refractivity contribution in [3.63, 3.8) is 0 Å². The van der Waals surface area contributed by atoms with Gasteiger partial charge in [0.15, 0.2) is 17.4 Å². The van der Waals surface area contributed by atoms with Crippen LogP contribution in [0.4, 0.5) is 8.78 Å². The van der Waals surface area contributed by atoms with E-state index < -0.39 is 55.3 Å². The maximum atomic E-state index is 14.5. The van der Waals surface area contributed by atoms with Crippen LogP contribution in [0.5, 0.6) is 5.75 Å². The van der Waals surface area contributed by atoms with Gasteiger partial charge >= 0.3 is 5.97 Å². The summed E-state index contributed by atoms with van der Waals surface area (Å²) in [5.41, 5.74) is -2.99. The predicted molar refractivity (Wildman–Crippen MR) is 145 cm³/mol. The third-order valence-corrected chi connectivity index (χ3v) is 7.40. The molecule has 2 aliphatic rings. The lowest BCUT2D eigenvalue weighted by Gasteiger charge is -2.21. The molecule has 39 heavy (non-hydrogen) atoms. The Labute approximate surface area is 235 Å². The minimum Gasteiger partial charge on any atom is -0.505 e. The number of carbonyl (C=O) groups excluding carboxylic acids is 1. The van der Waals surface area contributed by atoms with E-state index in [0.29, 0.717) is 6.42 Å². The molecule has 204 valence electrons. The predicted octanol–water partition coefficient (Wildman–Crippen LogP) is 7.52. The number of aromatic hydroxyl groups is 1. The molecule has 12 heteroatoms. The van der Waals surface area contributed by atoms with E-state index in [4.69, 9.17) is 39.2 Å². The van der Waals surface area contributed by atoms with Crippen LogP contribution in [0.25, 0.3) is 33.4 Å². The summed E-state index contributed by atoms with van der Waals surface area (Å²) in [6.45, 7) is 2.31. The van der Waals surface area contributed by atoms with Gasteiger partial charge in [0.1, 0.15) is 11.3 Å². The number of phenols is 1. The van der Waals surface area contributed by atoms with E-state index in [1.165, 1.54) is 0 Å². The van der Waals surface area contributed by atoms with Gasteiger partial charge in [-0.15, -0.1) is 0 Å². The van der Waals surface area contributed by atoms with Crippen LogP contribution in [-0.4, -0.2) is 28.6 Å². The molecule has 0 spiro atoms. The Balaban J connectivity index is 2.10. The van der Waals surface area contributed by atoms with Crippen molar-refractivity contribution in [2.75, 3.05) is 6.54 Å². The van der Waals surface area contributed by atoms with Crippen molar-refractivity contribution in [3.05, 3.63) is 72.3 Å². The highest BCUT2D eigenvalue weighted by Gasteiger charge is 2.33. The number of carboxylic acids is 1. The maximum Gasteiger partial charge on any atom is 0.337 e. The molecule has 1 aliphatic carbocycles. The van der Waals surface area contributed by atoms with Crippen LogP contribution in [0.1, 0.15) is 53.3 Å². The molecule has 2 aromatic rings. The molecule has 7 nitrogen and oxygen atoms in total. The molecule has 4 rings (SSSR count). The van der Waals surface area contributed by atoms with Gasteiger partial charge in [0.25, 0.3) is 5.91 Å². The summed E-state index contributed by atoms with van der Waals surface area (Å²) in [6.07, 6.45) is 3.48. The second kappa shape index (κ2) is 11.4. The Kier molecular flexibility index (Phi) is 8.34. The highest BCUT2D eigenvalue weighted by molar-refractivity contribution is 6.49. The van der Waals surface area contributed by atoms with Gasteiger partial charge in [0.2, 0.25) is 5.43 Å². The SMILES string of the molecule is CCCCCCNC(=O)c1c(Cl)c(Cl)c(C(=O)O)c(-c2c3cc(F)c(=O)cc-3oc3cc(O)c(F)cc23)c1Cl. The number of benzene rings is 3. The van der Waals surface area contributed by atoms with E-state index >= 15 is 0 Å². The first-order valence-electron chi connectivity index (χ1n) is 11.8. The third kappa shape index (κ3) is 5.26. The van der Waals surface area contributed by atoms with Gasteiger partial charge in [-0.2, -0.15) is 0 Å². The zero-order valence-corrected chi connectivity index (χ0v) is 22.5. The number of phenolic OH excluding ortho intramolecular Hbond substituents is 1. The number of unbranched alkanes of at least 4 members (excludes halogenated alkanes) is 3. The highest BCUT2D eigenvalue weighted by atomic mass is 35.5. The summed E-state index contributed by atoms with van der Waals surface area (Å²) in [5, 5.41) is 21.1. The molecule has 1 amide bonds. The molecule has 3 N–H and O–H groups in total. The molecule has 1 heterocycles. The molecular formula is C27H20Cl3F2NO6. The molecule has 0 saturated carbocycles. The summed E-state index contributed by atoms with van der Waals surface area (Å²) < 4.78 is 34.7. The van der Waals surface area contributed by atoms with E-state index in [1.54, 1.807) is 0 Å². The number of hydrogen-bond donors (Lipinski definition) is 3. The van der Waals surface area contributed by atoms with Crippen LogP contribution < -0.4 is 10.7 Å². The molecule has 0 atom stereocenters. The zero-order chi connectivity index (χ0) is 28.6. The van der Waals surface area contributed by atoms with E-state index in [-0.39, 0.29) is 45.5 Å². The Hall–Kier alpha value is -3.40. The van der Waals surface area contributed by atoms with Crippen molar-refractivity contribution in [1.82, 2.24) is 5.32 Å². The van der Waals surface area contributed by atoms with Crippen molar-refractivity contribution < 1.29 is 33.0 Å². The number of hydrogen-bond acceptors (Lipinski definition) is 5. The average Bonchev–Trinajstić information content (AvgIpc) is 2.87. The molecule has 1 aliphatic heterocycles. The topological polar surface area (TPSA) is 117 Å².